The second kappa shape index (κ2) is 7.08. The molecule has 126 valence electrons. The second-order valence-electron chi connectivity index (χ2n) is 6.06. The minimum absolute atomic E-state index is 0.0874. The molecule has 0 aliphatic carbocycles. The molecule has 1 atom stereocenters. The lowest BCUT2D eigenvalue weighted by Crippen LogP contribution is -2.44. The molecule has 0 saturated carbocycles. The fourth-order valence-electron chi connectivity index (χ4n) is 1.75. The molecule has 0 aliphatic heterocycles. The van der Waals surface area contributed by atoms with Crippen molar-refractivity contribution < 1.29 is 19.2 Å². The number of benzene rings is 1. The van der Waals surface area contributed by atoms with Crippen molar-refractivity contribution in [2.24, 2.45) is 0 Å². The van der Waals surface area contributed by atoms with Crippen molar-refractivity contribution in [2.75, 3.05) is 5.32 Å². The maximum Gasteiger partial charge on any atom is 0.408 e. The molecule has 2 amide bonds. The van der Waals surface area contributed by atoms with Crippen molar-refractivity contribution in [3.05, 3.63) is 33.9 Å². The number of hydrogen-bond donors (Lipinski definition) is 2. The predicted molar refractivity (Wildman–Crippen MR) is 85.3 cm³/mol. The molecule has 0 fully saturated rings. The quantitative estimate of drug-likeness (QED) is 0.654. The van der Waals surface area contributed by atoms with Crippen LogP contribution in [0.5, 0.6) is 0 Å². The molecule has 0 aliphatic rings. The van der Waals surface area contributed by atoms with Gasteiger partial charge in [0.15, 0.2) is 0 Å². The summed E-state index contributed by atoms with van der Waals surface area (Å²) in [7, 11) is 0. The van der Waals surface area contributed by atoms with Crippen LogP contribution in [0.1, 0.15) is 33.3 Å². The van der Waals surface area contributed by atoms with Crippen LogP contribution in [-0.4, -0.2) is 28.6 Å². The number of anilines is 1. The number of ether oxygens (including phenoxy) is 1. The highest BCUT2D eigenvalue weighted by Gasteiger charge is 2.22. The van der Waals surface area contributed by atoms with Crippen molar-refractivity contribution in [2.45, 2.75) is 46.3 Å². The molecule has 0 radical (unpaired) electrons. The Balaban J connectivity index is 2.75. The lowest BCUT2D eigenvalue weighted by Gasteiger charge is -2.21. The molecule has 2 N–H and O–H groups in total. The van der Waals surface area contributed by atoms with E-state index in [4.69, 9.17) is 4.74 Å². The van der Waals surface area contributed by atoms with Crippen LogP contribution in [-0.2, 0) is 9.53 Å². The topological polar surface area (TPSA) is 111 Å². The molecule has 1 aromatic rings. The maximum absolute atomic E-state index is 12.1. The van der Waals surface area contributed by atoms with Crippen LogP contribution in [0.3, 0.4) is 0 Å². The van der Waals surface area contributed by atoms with Crippen molar-refractivity contribution >= 4 is 23.4 Å². The first-order valence-electron chi connectivity index (χ1n) is 7.05. The molecule has 1 rings (SSSR count). The van der Waals surface area contributed by atoms with Crippen molar-refractivity contribution in [1.82, 2.24) is 5.32 Å². The van der Waals surface area contributed by atoms with Gasteiger partial charge in [0.1, 0.15) is 11.6 Å². The number of nitro groups is 1. The SMILES string of the molecule is Cc1c(NC(=O)C(C)NC(=O)OC(C)(C)C)cccc1[N+](=O)[O-]. The Hall–Kier alpha value is -2.64. The van der Waals surface area contributed by atoms with E-state index < -0.39 is 28.6 Å². The normalized spacial score (nSPS) is 12.2. The minimum Gasteiger partial charge on any atom is -0.444 e. The third kappa shape index (κ3) is 5.57. The van der Waals surface area contributed by atoms with Crippen LogP contribution >= 0.6 is 0 Å². The van der Waals surface area contributed by atoms with Gasteiger partial charge in [0.2, 0.25) is 5.91 Å². The van der Waals surface area contributed by atoms with Crippen LogP contribution in [0.2, 0.25) is 0 Å². The number of carbonyl (C=O) groups excluding carboxylic acids is 2. The molecular weight excluding hydrogens is 302 g/mol. The number of nitro benzene ring substituents is 1. The highest BCUT2D eigenvalue weighted by Crippen LogP contribution is 2.25. The first kappa shape index (κ1) is 18.4. The summed E-state index contributed by atoms with van der Waals surface area (Å²) >= 11 is 0. The third-order valence-corrected chi connectivity index (χ3v) is 2.89. The zero-order valence-electron chi connectivity index (χ0n) is 13.8. The van der Waals surface area contributed by atoms with E-state index in [2.05, 4.69) is 10.6 Å². The highest BCUT2D eigenvalue weighted by atomic mass is 16.6. The van der Waals surface area contributed by atoms with E-state index in [9.17, 15) is 19.7 Å². The van der Waals surface area contributed by atoms with Crippen molar-refractivity contribution in [3.8, 4) is 0 Å². The summed E-state index contributed by atoms with van der Waals surface area (Å²) < 4.78 is 5.06. The van der Waals surface area contributed by atoms with Gasteiger partial charge < -0.3 is 15.4 Å². The third-order valence-electron chi connectivity index (χ3n) is 2.89. The summed E-state index contributed by atoms with van der Waals surface area (Å²) in [6.45, 7) is 8.17. The summed E-state index contributed by atoms with van der Waals surface area (Å²) in [4.78, 5) is 34.1. The van der Waals surface area contributed by atoms with Crippen LogP contribution in [0.25, 0.3) is 0 Å². The van der Waals surface area contributed by atoms with E-state index in [1.54, 1.807) is 33.8 Å². The average molecular weight is 323 g/mol. The van der Waals surface area contributed by atoms with Gasteiger partial charge in [0, 0.05) is 6.07 Å². The number of nitrogens with zero attached hydrogens (tertiary/aromatic N) is 1. The first-order valence-corrected chi connectivity index (χ1v) is 7.05. The minimum atomic E-state index is -0.858. The molecule has 0 spiro atoms. The van der Waals surface area contributed by atoms with E-state index >= 15 is 0 Å². The molecular formula is C15H21N3O5. The summed E-state index contributed by atoms with van der Waals surface area (Å²) in [6, 6.07) is 3.53. The van der Waals surface area contributed by atoms with Gasteiger partial charge in [-0.15, -0.1) is 0 Å². The molecule has 0 bridgehead atoms. The zero-order valence-corrected chi connectivity index (χ0v) is 13.8. The van der Waals surface area contributed by atoms with Crippen molar-refractivity contribution in [3.63, 3.8) is 0 Å². The van der Waals surface area contributed by atoms with Gasteiger partial charge >= 0.3 is 6.09 Å². The summed E-state index contributed by atoms with van der Waals surface area (Å²) in [6.07, 6.45) is -0.712. The molecule has 8 nitrogen and oxygen atoms in total. The molecule has 1 aromatic carbocycles. The van der Waals surface area contributed by atoms with Gasteiger partial charge in [-0.2, -0.15) is 0 Å². The smallest absolute Gasteiger partial charge is 0.408 e. The first-order chi connectivity index (χ1) is 10.5. The Morgan fingerprint density at radius 2 is 1.91 bits per heavy atom. The standard InChI is InChI=1S/C15H21N3O5/c1-9-11(7-6-8-12(9)18(21)22)17-13(19)10(2)16-14(20)23-15(3,4)5/h6-8,10H,1-5H3,(H,16,20)(H,17,19). The van der Waals surface area contributed by atoms with E-state index in [-0.39, 0.29) is 5.69 Å². The molecule has 23 heavy (non-hydrogen) atoms. The fraction of sp³-hybridized carbons (Fsp3) is 0.467. The fourth-order valence-corrected chi connectivity index (χ4v) is 1.75. The molecule has 1 unspecified atom stereocenters. The molecule has 0 saturated heterocycles. The number of rotatable bonds is 4. The van der Waals surface area contributed by atoms with Gasteiger partial charge in [-0.3, -0.25) is 14.9 Å². The highest BCUT2D eigenvalue weighted by molar-refractivity contribution is 5.97. The number of amides is 2. The average Bonchev–Trinajstić information content (AvgIpc) is 2.38. The Bertz CT molecular complexity index is 622. The maximum atomic E-state index is 12.1. The Kier molecular flexibility index (Phi) is 5.67. The second-order valence-corrected chi connectivity index (χ2v) is 6.06. The van der Waals surface area contributed by atoms with Gasteiger partial charge in [-0.05, 0) is 40.7 Å². The number of carbonyl (C=O) groups is 2. The molecule has 0 heterocycles. The van der Waals surface area contributed by atoms with E-state index in [1.807, 2.05) is 0 Å². The van der Waals surface area contributed by atoms with E-state index in [0.29, 0.717) is 11.3 Å². The lowest BCUT2D eigenvalue weighted by molar-refractivity contribution is -0.385. The van der Waals surface area contributed by atoms with Crippen LogP contribution in [0.15, 0.2) is 18.2 Å². The summed E-state index contributed by atoms with van der Waals surface area (Å²) in [5, 5.41) is 15.9. The largest absolute Gasteiger partial charge is 0.444 e. The van der Waals surface area contributed by atoms with Crippen LogP contribution < -0.4 is 10.6 Å². The van der Waals surface area contributed by atoms with Crippen LogP contribution in [0.4, 0.5) is 16.2 Å². The summed E-state index contributed by atoms with van der Waals surface area (Å²) in [5.41, 5.74) is -0.0930. The Labute approximate surface area is 134 Å². The van der Waals surface area contributed by atoms with Gasteiger partial charge in [0.25, 0.3) is 5.69 Å². The monoisotopic (exact) mass is 323 g/mol. The molecule has 8 heteroatoms. The summed E-state index contributed by atoms with van der Waals surface area (Å²) in [5.74, 6) is -0.501. The zero-order chi connectivity index (χ0) is 17.8. The lowest BCUT2D eigenvalue weighted by atomic mass is 10.1. The van der Waals surface area contributed by atoms with E-state index in [0.717, 1.165) is 0 Å². The number of nitrogens with one attached hydrogen (secondary N) is 2. The predicted octanol–water partition coefficient (Wildman–Crippen LogP) is 2.75. The van der Waals surface area contributed by atoms with Crippen LogP contribution in [0, 0.1) is 17.0 Å². The number of hydrogen-bond acceptors (Lipinski definition) is 5. The van der Waals surface area contributed by atoms with Crippen molar-refractivity contribution in [1.29, 1.82) is 0 Å². The Morgan fingerprint density at radius 3 is 2.43 bits per heavy atom. The van der Waals surface area contributed by atoms with E-state index in [1.165, 1.54) is 19.1 Å². The van der Waals surface area contributed by atoms with Gasteiger partial charge in [-0.25, -0.2) is 4.79 Å². The van der Waals surface area contributed by atoms with Gasteiger partial charge in [0.05, 0.1) is 16.2 Å². The van der Waals surface area contributed by atoms with Gasteiger partial charge in [-0.1, -0.05) is 6.07 Å². The molecule has 0 aromatic heterocycles. The number of alkyl carbamates (subject to hydrolysis) is 1. The Morgan fingerprint density at radius 1 is 1.30 bits per heavy atom.